The number of aromatic nitrogens is 1. The van der Waals surface area contributed by atoms with Crippen molar-refractivity contribution in [3.05, 3.63) is 47.2 Å². The van der Waals surface area contributed by atoms with Crippen molar-refractivity contribution < 1.29 is 9.32 Å². The van der Waals surface area contributed by atoms with Crippen LogP contribution >= 0.6 is 0 Å². The molecule has 1 aliphatic rings. The molecule has 0 N–H and O–H groups in total. The van der Waals surface area contributed by atoms with Crippen LogP contribution in [0, 0.1) is 6.92 Å². The van der Waals surface area contributed by atoms with Crippen LogP contribution < -0.4 is 4.90 Å². The molecule has 2 aromatic rings. The quantitative estimate of drug-likeness (QED) is 0.841. The largest absolute Gasteiger partial charge is 0.360 e. The third-order valence-corrected chi connectivity index (χ3v) is 5.02. The number of anilines is 1. The summed E-state index contributed by atoms with van der Waals surface area (Å²) >= 11 is 0. The lowest BCUT2D eigenvalue weighted by Crippen LogP contribution is -2.49. The van der Waals surface area contributed by atoms with E-state index in [1.54, 1.807) is 0 Å². The number of rotatable bonds is 4. The Labute approximate surface area is 156 Å². The van der Waals surface area contributed by atoms with E-state index in [0.29, 0.717) is 6.42 Å². The van der Waals surface area contributed by atoms with Crippen molar-refractivity contribution in [2.45, 2.75) is 46.0 Å². The maximum atomic E-state index is 12.5. The fraction of sp³-hybridized carbons (Fsp3) is 0.524. The van der Waals surface area contributed by atoms with E-state index in [4.69, 9.17) is 4.52 Å². The van der Waals surface area contributed by atoms with E-state index in [2.05, 4.69) is 55.1 Å². The number of hydrogen-bond donors (Lipinski definition) is 0. The Balaban J connectivity index is 1.47. The van der Waals surface area contributed by atoms with E-state index in [0.717, 1.165) is 44.2 Å². The lowest BCUT2D eigenvalue weighted by molar-refractivity contribution is -0.131. The van der Waals surface area contributed by atoms with Gasteiger partial charge in [-0.15, -0.1) is 0 Å². The van der Waals surface area contributed by atoms with E-state index in [-0.39, 0.29) is 11.3 Å². The Kier molecular flexibility index (Phi) is 5.35. The first-order chi connectivity index (χ1) is 12.3. The third-order valence-electron chi connectivity index (χ3n) is 5.02. The molecule has 0 saturated carbocycles. The summed E-state index contributed by atoms with van der Waals surface area (Å²) in [6, 6.07) is 10.6. The normalized spacial score (nSPS) is 15.4. The maximum Gasteiger partial charge on any atom is 0.223 e. The molecule has 1 aliphatic heterocycles. The number of amides is 1. The van der Waals surface area contributed by atoms with E-state index in [1.165, 1.54) is 11.1 Å². The molecule has 0 aliphatic carbocycles. The highest BCUT2D eigenvalue weighted by atomic mass is 16.5. The molecule has 0 radical (unpaired) electrons. The minimum Gasteiger partial charge on any atom is -0.360 e. The monoisotopic (exact) mass is 355 g/mol. The second-order valence-electron chi connectivity index (χ2n) is 8.11. The molecular formula is C21H29N3O2. The lowest BCUT2D eigenvalue weighted by Gasteiger charge is -2.34. The van der Waals surface area contributed by atoms with Crippen molar-refractivity contribution in [1.29, 1.82) is 0 Å². The molecule has 0 unspecified atom stereocenters. The first kappa shape index (κ1) is 18.5. The van der Waals surface area contributed by atoms with Crippen molar-refractivity contribution in [2.75, 3.05) is 31.1 Å². The fourth-order valence-electron chi connectivity index (χ4n) is 3.27. The van der Waals surface area contributed by atoms with Crippen molar-refractivity contribution in [3.63, 3.8) is 0 Å². The van der Waals surface area contributed by atoms with Gasteiger partial charge in [0.05, 0.1) is 0 Å². The lowest BCUT2D eigenvalue weighted by atomic mass is 9.86. The van der Waals surface area contributed by atoms with Crippen molar-refractivity contribution in [3.8, 4) is 0 Å². The summed E-state index contributed by atoms with van der Waals surface area (Å²) in [5.74, 6) is 1.92. The van der Waals surface area contributed by atoms with Crippen LogP contribution in [0.25, 0.3) is 0 Å². The Morgan fingerprint density at radius 2 is 1.77 bits per heavy atom. The van der Waals surface area contributed by atoms with Crippen molar-refractivity contribution in [1.82, 2.24) is 10.1 Å². The van der Waals surface area contributed by atoms with Crippen LogP contribution in [0.5, 0.6) is 0 Å². The third kappa shape index (κ3) is 4.45. The Hall–Kier alpha value is -2.30. The van der Waals surface area contributed by atoms with Gasteiger partial charge in [-0.25, -0.2) is 0 Å². The first-order valence-electron chi connectivity index (χ1n) is 9.38. The van der Waals surface area contributed by atoms with Crippen molar-refractivity contribution >= 4 is 11.7 Å². The van der Waals surface area contributed by atoms with Crippen LogP contribution in [0.15, 0.2) is 34.9 Å². The molecular weight excluding hydrogens is 326 g/mol. The zero-order valence-corrected chi connectivity index (χ0v) is 16.3. The molecule has 5 heteroatoms. The molecule has 2 heterocycles. The molecule has 3 rings (SSSR count). The Morgan fingerprint density at radius 1 is 1.12 bits per heavy atom. The van der Waals surface area contributed by atoms with Crippen LogP contribution in [0.4, 0.5) is 5.82 Å². The number of piperazine rings is 1. The molecule has 140 valence electrons. The van der Waals surface area contributed by atoms with Gasteiger partial charge in [0.15, 0.2) is 5.82 Å². The molecule has 26 heavy (non-hydrogen) atoms. The predicted molar refractivity (Wildman–Crippen MR) is 103 cm³/mol. The molecule has 1 saturated heterocycles. The first-order valence-corrected chi connectivity index (χ1v) is 9.38. The number of nitrogens with zero attached hydrogens (tertiary/aromatic N) is 3. The van der Waals surface area contributed by atoms with Crippen LogP contribution in [-0.4, -0.2) is 42.1 Å². The summed E-state index contributed by atoms with van der Waals surface area (Å²) in [5.41, 5.74) is 2.71. The maximum absolute atomic E-state index is 12.5. The van der Waals surface area contributed by atoms with Gasteiger partial charge >= 0.3 is 0 Å². The zero-order valence-electron chi connectivity index (χ0n) is 16.3. The van der Waals surface area contributed by atoms with Crippen LogP contribution in [0.1, 0.15) is 44.1 Å². The van der Waals surface area contributed by atoms with Gasteiger partial charge in [-0.2, -0.15) is 0 Å². The summed E-state index contributed by atoms with van der Waals surface area (Å²) in [6.07, 6.45) is 1.36. The highest BCUT2D eigenvalue weighted by Crippen LogP contribution is 2.22. The smallest absolute Gasteiger partial charge is 0.223 e. The van der Waals surface area contributed by atoms with E-state index >= 15 is 0 Å². The topological polar surface area (TPSA) is 49.6 Å². The van der Waals surface area contributed by atoms with Gasteiger partial charge in [0.25, 0.3) is 0 Å². The average Bonchev–Trinajstić information content (AvgIpc) is 3.06. The summed E-state index contributed by atoms with van der Waals surface area (Å²) in [6.45, 7) is 11.6. The second kappa shape index (κ2) is 7.52. The minimum absolute atomic E-state index is 0.163. The number of hydrogen-bond acceptors (Lipinski definition) is 4. The SMILES string of the molecule is Cc1cc(N2CCN(C(=O)CCc3ccc(C(C)(C)C)cc3)CC2)no1. The zero-order chi connectivity index (χ0) is 18.7. The number of carbonyl (C=O) groups is 1. The minimum atomic E-state index is 0.163. The molecule has 0 atom stereocenters. The number of carbonyl (C=O) groups excluding carboxylic acids is 1. The van der Waals surface area contributed by atoms with Crippen molar-refractivity contribution in [2.24, 2.45) is 0 Å². The number of benzene rings is 1. The Morgan fingerprint density at radius 3 is 2.31 bits per heavy atom. The van der Waals surface area contributed by atoms with Gasteiger partial charge < -0.3 is 14.3 Å². The van der Waals surface area contributed by atoms with Gasteiger partial charge in [-0.3, -0.25) is 4.79 Å². The van der Waals surface area contributed by atoms with E-state index in [1.807, 2.05) is 17.9 Å². The Bertz CT molecular complexity index is 735. The van der Waals surface area contributed by atoms with Gasteiger partial charge in [0, 0.05) is 38.7 Å². The van der Waals surface area contributed by atoms with Gasteiger partial charge in [0.1, 0.15) is 5.76 Å². The fourth-order valence-corrected chi connectivity index (χ4v) is 3.27. The van der Waals surface area contributed by atoms with E-state index < -0.39 is 0 Å². The summed E-state index contributed by atoms with van der Waals surface area (Å²) in [7, 11) is 0. The molecule has 0 bridgehead atoms. The highest BCUT2D eigenvalue weighted by molar-refractivity contribution is 5.76. The summed E-state index contributed by atoms with van der Waals surface area (Å²) in [4.78, 5) is 16.7. The standard InChI is InChI=1S/C21H29N3O2/c1-16-15-19(22-26-16)23-11-13-24(14-12-23)20(25)10-7-17-5-8-18(9-6-17)21(2,3)4/h5-6,8-9,15H,7,10-14H2,1-4H3. The van der Waals surface area contributed by atoms with Gasteiger partial charge in [0.2, 0.25) is 5.91 Å². The summed E-state index contributed by atoms with van der Waals surface area (Å²) in [5, 5.41) is 4.06. The van der Waals surface area contributed by atoms with Gasteiger partial charge in [-0.05, 0) is 29.9 Å². The molecule has 5 nitrogen and oxygen atoms in total. The molecule has 1 aromatic heterocycles. The predicted octanol–water partition coefficient (Wildman–Crippen LogP) is 3.56. The highest BCUT2D eigenvalue weighted by Gasteiger charge is 2.22. The molecule has 1 fully saturated rings. The second-order valence-corrected chi connectivity index (χ2v) is 8.11. The number of aryl methyl sites for hydroxylation is 2. The molecule has 1 aromatic carbocycles. The summed E-state index contributed by atoms with van der Waals surface area (Å²) < 4.78 is 5.14. The van der Waals surface area contributed by atoms with Crippen LogP contribution in [0.3, 0.4) is 0 Å². The van der Waals surface area contributed by atoms with E-state index in [9.17, 15) is 4.79 Å². The molecule has 0 spiro atoms. The van der Waals surface area contributed by atoms with Crippen LogP contribution in [0.2, 0.25) is 0 Å². The molecule has 1 amide bonds. The van der Waals surface area contributed by atoms with Crippen LogP contribution in [-0.2, 0) is 16.6 Å². The van der Waals surface area contributed by atoms with Gasteiger partial charge in [-0.1, -0.05) is 50.2 Å². The average molecular weight is 355 g/mol.